The van der Waals surface area contributed by atoms with Gasteiger partial charge in [-0.3, -0.25) is 0 Å². The fourth-order valence-corrected chi connectivity index (χ4v) is 2.36. The van der Waals surface area contributed by atoms with Gasteiger partial charge in [0.25, 0.3) is 0 Å². The number of nitrogens with one attached hydrogen (secondary N) is 1. The Morgan fingerprint density at radius 2 is 1.68 bits per heavy atom. The van der Waals surface area contributed by atoms with E-state index in [0.717, 1.165) is 37.3 Å². The Morgan fingerprint density at radius 1 is 1.00 bits per heavy atom. The standard InChI is InChI=1S/C19H24FNO/c1-3-13-22-18-11-7-16(8-12-18)19(4-2)21-14-15-5-9-17(20)10-6-15/h5-12,19,21H,3-4,13-14H2,1-2H3. The molecule has 1 N–H and O–H groups in total. The van der Waals surface area contributed by atoms with Crippen LogP contribution in [0.5, 0.6) is 5.75 Å². The molecule has 0 aliphatic rings. The summed E-state index contributed by atoms with van der Waals surface area (Å²) in [5.41, 5.74) is 2.33. The molecule has 2 aromatic carbocycles. The van der Waals surface area contributed by atoms with Gasteiger partial charge in [-0.05, 0) is 48.2 Å². The second-order valence-electron chi connectivity index (χ2n) is 5.39. The van der Waals surface area contributed by atoms with Gasteiger partial charge in [0.05, 0.1) is 6.61 Å². The van der Waals surface area contributed by atoms with Crippen LogP contribution in [-0.4, -0.2) is 6.61 Å². The van der Waals surface area contributed by atoms with Crippen molar-refractivity contribution in [3.63, 3.8) is 0 Å². The number of rotatable bonds is 8. The van der Waals surface area contributed by atoms with Gasteiger partial charge in [0.1, 0.15) is 11.6 Å². The topological polar surface area (TPSA) is 21.3 Å². The highest BCUT2D eigenvalue weighted by molar-refractivity contribution is 5.29. The number of hydrogen-bond donors (Lipinski definition) is 1. The Balaban J connectivity index is 1.94. The van der Waals surface area contributed by atoms with Gasteiger partial charge >= 0.3 is 0 Å². The molecule has 0 bridgehead atoms. The van der Waals surface area contributed by atoms with E-state index in [4.69, 9.17) is 4.74 Å². The van der Waals surface area contributed by atoms with Gasteiger partial charge in [0, 0.05) is 12.6 Å². The van der Waals surface area contributed by atoms with Crippen LogP contribution in [0.25, 0.3) is 0 Å². The van der Waals surface area contributed by atoms with Crippen LogP contribution in [0.4, 0.5) is 4.39 Å². The van der Waals surface area contributed by atoms with Crippen LogP contribution >= 0.6 is 0 Å². The van der Waals surface area contributed by atoms with Crippen molar-refractivity contribution >= 4 is 0 Å². The molecule has 1 atom stereocenters. The molecule has 118 valence electrons. The highest BCUT2D eigenvalue weighted by Crippen LogP contribution is 2.21. The summed E-state index contributed by atoms with van der Waals surface area (Å²) in [6, 6.07) is 15.2. The maximum absolute atomic E-state index is 12.9. The van der Waals surface area contributed by atoms with Crippen LogP contribution < -0.4 is 10.1 Å². The van der Waals surface area contributed by atoms with Crippen molar-refractivity contribution in [3.8, 4) is 5.75 Å². The zero-order valence-electron chi connectivity index (χ0n) is 13.3. The van der Waals surface area contributed by atoms with Gasteiger partial charge < -0.3 is 10.1 Å². The van der Waals surface area contributed by atoms with Crippen molar-refractivity contribution in [1.82, 2.24) is 5.32 Å². The van der Waals surface area contributed by atoms with Gasteiger partial charge in [0.15, 0.2) is 0 Å². The largest absolute Gasteiger partial charge is 0.494 e. The Hall–Kier alpha value is -1.87. The number of ether oxygens (including phenoxy) is 1. The lowest BCUT2D eigenvalue weighted by Crippen LogP contribution is -2.20. The monoisotopic (exact) mass is 301 g/mol. The third-order valence-electron chi connectivity index (χ3n) is 3.63. The second kappa shape index (κ2) is 8.54. The lowest BCUT2D eigenvalue weighted by atomic mass is 10.0. The highest BCUT2D eigenvalue weighted by atomic mass is 19.1. The molecule has 0 amide bonds. The molecule has 2 aromatic rings. The van der Waals surface area contributed by atoms with Crippen LogP contribution in [0.3, 0.4) is 0 Å². The maximum atomic E-state index is 12.9. The molecule has 0 heterocycles. The SMILES string of the molecule is CCCOc1ccc(C(CC)NCc2ccc(F)cc2)cc1. The lowest BCUT2D eigenvalue weighted by molar-refractivity contribution is 0.317. The van der Waals surface area contributed by atoms with Crippen molar-refractivity contribution in [2.75, 3.05) is 6.61 Å². The van der Waals surface area contributed by atoms with E-state index >= 15 is 0 Å². The molecule has 0 saturated carbocycles. The summed E-state index contributed by atoms with van der Waals surface area (Å²) in [6.45, 7) is 5.73. The summed E-state index contributed by atoms with van der Waals surface area (Å²) in [4.78, 5) is 0. The molecule has 1 unspecified atom stereocenters. The molecule has 0 saturated heterocycles. The summed E-state index contributed by atoms with van der Waals surface area (Å²) in [5, 5.41) is 3.52. The minimum absolute atomic E-state index is 0.196. The van der Waals surface area contributed by atoms with E-state index in [1.165, 1.54) is 17.7 Å². The summed E-state index contributed by atoms with van der Waals surface area (Å²) >= 11 is 0. The Kier molecular flexibility index (Phi) is 6.41. The average molecular weight is 301 g/mol. The first-order chi connectivity index (χ1) is 10.7. The number of hydrogen-bond acceptors (Lipinski definition) is 2. The Morgan fingerprint density at radius 3 is 2.27 bits per heavy atom. The molecular formula is C19H24FNO. The molecule has 2 nitrogen and oxygen atoms in total. The summed E-state index contributed by atoms with van der Waals surface area (Å²) in [7, 11) is 0. The van der Waals surface area contributed by atoms with Crippen LogP contribution in [0, 0.1) is 5.82 Å². The minimum atomic E-state index is -0.196. The number of benzene rings is 2. The van der Waals surface area contributed by atoms with E-state index in [9.17, 15) is 4.39 Å². The van der Waals surface area contributed by atoms with Gasteiger partial charge in [-0.2, -0.15) is 0 Å². The summed E-state index contributed by atoms with van der Waals surface area (Å²) < 4.78 is 18.5. The average Bonchev–Trinajstić information content (AvgIpc) is 2.56. The summed E-state index contributed by atoms with van der Waals surface area (Å²) in [6.07, 6.45) is 2.01. The van der Waals surface area contributed by atoms with Gasteiger partial charge in [-0.1, -0.05) is 38.1 Å². The molecule has 22 heavy (non-hydrogen) atoms. The zero-order valence-corrected chi connectivity index (χ0v) is 13.3. The van der Waals surface area contributed by atoms with E-state index in [1.54, 1.807) is 0 Å². The molecule has 0 aromatic heterocycles. The minimum Gasteiger partial charge on any atom is -0.494 e. The first-order valence-corrected chi connectivity index (χ1v) is 7.93. The van der Waals surface area contributed by atoms with Crippen LogP contribution in [0.1, 0.15) is 43.9 Å². The van der Waals surface area contributed by atoms with E-state index in [2.05, 4.69) is 31.3 Å². The third-order valence-corrected chi connectivity index (χ3v) is 3.63. The van der Waals surface area contributed by atoms with Crippen molar-refractivity contribution in [2.45, 2.75) is 39.3 Å². The van der Waals surface area contributed by atoms with Crippen molar-refractivity contribution in [1.29, 1.82) is 0 Å². The second-order valence-corrected chi connectivity index (χ2v) is 5.39. The normalized spacial score (nSPS) is 12.1. The quantitative estimate of drug-likeness (QED) is 0.752. The Labute approximate surface area is 132 Å². The zero-order chi connectivity index (χ0) is 15.8. The van der Waals surface area contributed by atoms with E-state index in [-0.39, 0.29) is 11.9 Å². The van der Waals surface area contributed by atoms with E-state index in [1.807, 2.05) is 24.3 Å². The Bertz CT molecular complexity index is 551. The van der Waals surface area contributed by atoms with Crippen LogP contribution in [0.15, 0.2) is 48.5 Å². The predicted molar refractivity (Wildman–Crippen MR) is 88.5 cm³/mol. The summed E-state index contributed by atoms with van der Waals surface area (Å²) in [5.74, 6) is 0.720. The molecule has 0 spiro atoms. The van der Waals surface area contributed by atoms with Crippen LogP contribution in [-0.2, 0) is 6.54 Å². The fourth-order valence-electron chi connectivity index (χ4n) is 2.36. The van der Waals surface area contributed by atoms with Crippen molar-refractivity contribution in [3.05, 3.63) is 65.5 Å². The molecule has 3 heteroatoms. The maximum Gasteiger partial charge on any atom is 0.123 e. The molecule has 0 radical (unpaired) electrons. The van der Waals surface area contributed by atoms with Gasteiger partial charge in [0.2, 0.25) is 0 Å². The number of halogens is 1. The molecule has 0 aliphatic heterocycles. The molecule has 0 fully saturated rings. The molecule has 0 aliphatic carbocycles. The molecular weight excluding hydrogens is 277 g/mol. The first kappa shape index (κ1) is 16.5. The van der Waals surface area contributed by atoms with Crippen molar-refractivity contribution in [2.24, 2.45) is 0 Å². The lowest BCUT2D eigenvalue weighted by Gasteiger charge is -2.18. The fraction of sp³-hybridized carbons (Fsp3) is 0.368. The van der Waals surface area contributed by atoms with E-state index < -0.39 is 0 Å². The van der Waals surface area contributed by atoms with Gasteiger partial charge in [-0.25, -0.2) is 4.39 Å². The van der Waals surface area contributed by atoms with Crippen LogP contribution in [0.2, 0.25) is 0 Å². The highest BCUT2D eigenvalue weighted by Gasteiger charge is 2.09. The van der Waals surface area contributed by atoms with E-state index in [0.29, 0.717) is 0 Å². The first-order valence-electron chi connectivity index (χ1n) is 7.93. The predicted octanol–water partition coefficient (Wildman–Crippen LogP) is 4.86. The third kappa shape index (κ3) is 4.85. The van der Waals surface area contributed by atoms with Gasteiger partial charge in [-0.15, -0.1) is 0 Å². The van der Waals surface area contributed by atoms with Crippen molar-refractivity contribution < 1.29 is 9.13 Å². The smallest absolute Gasteiger partial charge is 0.123 e. The molecule has 2 rings (SSSR count).